The van der Waals surface area contributed by atoms with Crippen LogP contribution in [-0.4, -0.2) is 70.2 Å². The van der Waals surface area contributed by atoms with E-state index in [9.17, 15) is 0 Å². The van der Waals surface area contributed by atoms with Gasteiger partial charge in [0.2, 0.25) is 0 Å². The van der Waals surface area contributed by atoms with Crippen molar-refractivity contribution < 1.29 is 19.8 Å². The zero-order valence-corrected chi connectivity index (χ0v) is 17.9. The quantitative estimate of drug-likeness (QED) is 0.729. The van der Waals surface area contributed by atoms with Gasteiger partial charge in [0.15, 0.2) is 0 Å². The average molecular weight is 417 g/mol. The van der Waals surface area contributed by atoms with Gasteiger partial charge in [0.05, 0.1) is 0 Å². The van der Waals surface area contributed by atoms with Crippen LogP contribution in [0.1, 0.15) is 69.3 Å². The summed E-state index contributed by atoms with van der Waals surface area (Å²) in [6, 6.07) is 13.0. The maximum absolute atomic E-state index is 9.10. The van der Waals surface area contributed by atoms with Gasteiger partial charge in [-0.15, -0.1) is 0 Å². The summed E-state index contributed by atoms with van der Waals surface area (Å²) < 4.78 is 0. The number of hydrogen-bond acceptors (Lipinski definition) is 4. The van der Waals surface area contributed by atoms with E-state index < -0.39 is 11.9 Å². The third-order valence-corrected chi connectivity index (χ3v) is 7.07. The van der Waals surface area contributed by atoms with Gasteiger partial charge in [-0.3, -0.25) is 0 Å². The van der Waals surface area contributed by atoms with Crippen LogP contribution in [0.4, 0.5) is 0 Å². The van der Waals surface area contributed by atoms with Crippen LogP contribution in [0, 0.1) is 0 Å². The highest BCUT2D eigenvalue weighted by atomic mass is 16.4. The van der Waals surface area contributed by atoms with Crippen LogP contribution in [0.15, 0.2) is 30.3 Å². The summed E-state index contributed by atoms with van der Waals surface area (Å²) in [5.41, 5.74) is 1.57. The molecule has 0 amide bonds. The fourth-order valence-corrected chi connectivity index (χ4v) is 5.40. The smallest absolute Gasteiger partial charge is 0.414 e. The third-order valence-electron chi connectivity index (χ3n) is 7.07. The first kappa shape index (κ1) is 22.8. The first-order chi connectivity index (χ1) is 14.5. The highest BCUT2D eigenvalue weighted by Crippen LogP contribution is 2.35. The lowest BCUT2D eigenvalue weighted by atomic mass is 9.80. The van der Waals surface area contributed by atoms with E-state index in [-0.39, 0.29) is 0 Å². The van der Waals surface area contributed by atoms with E-state index in [1.807, 2.05) is 0 Å². The van der Waals surface area contributed by atoms with E-state index in [2.05, 4.69) is 40.1 Å². The van der Waals surface area contributed by atoms with Crippen LogP contribution < -0.4 is 0 Å². The Morgan fingerprint density at radius 2 is 1.17 bits per heavy atom. The summed E-state index contributed by atoms with van der Waals surface area (Å²) in [5, 5.41) is 14.8. The molecular weight excluding hydrogens is 380 g/mol. The van der Waals surface area contributed by atoms with E-state index >= 15 is 0 Å². The van der Waals surface area contributed by atoms with Gasteiger partial charge in [0.1, 0.15) is 0 Å². The molecule has 0 unspecified atom stereocenters. The summed E-state index contributed by atoms with van der Waals surface area (Å²) in [7, 11) is 0. The second kappa shape index (κ2) is 11.5. The molecule has 2 aliphatic heterocycles. The van der Waals surface area contributed by atoms with Crippen molar-refractivity contribution in [2.24, 2.45) is 0 Å². The maximum Gasteiger partial charge on any atom is 0.414 e. The first-order valence-corrected chi connectivity index (χ1v) is 11.5. The summed E-state index contributed by atoms with van der Waals surface area (Å²) in [4.78, 5) is 23.8. The zero-order chi connectivity index (χ0) is 21.3. The molecule has 4 rings (SSSR count). The summed E-state index contributed by atoms with van der Waals surface area (Å²) >= 11 is 0. The Kier molecular flexibility index (Phi) is 8.70. The minimum atomic E-state index is -1.82. The lowest BCUT2D eigenvalue weighted by Gasteiger charge is -2.44. The van der Waals surface area contributed by atoms with Crippen molar-refractivity contribution in [1.29, 1.82) is 0 Å². The molecular formula is C24H36N2O4. The van der Waals surface area contributed by atoms with Crippen LogP contribution >= 0.6 is 0 Å². The summed E-state index contributed by atoms with van der Waals surface area (Å²) in [6.07, 6.45) is 12.8. The first-order valence-electron chi connectivity index (χ1n) is 11.5. The number of nitrogens with zero attached hydrogens (tertiary/aromatic N) is 2. The van der Waals surface area contributed by atoms with Gasteiger partial charge < -0.3 is 20.0 Å². The minimum Gasteiger partial charge on any atom is -0.473 e. The molecule has 2 saturated heterocycles. The number of carboxylic acid groups (broad SMARTS) is 2. The molecule has 6 heteroatoms. The second-order valence-electron chi connectivity index (χ2n) is 8.89. The van der Waals surface area contributed by atoms with Gasteiger partial charge in [-0.1, -0.05) is 36.8 Å². The molecule has 1 aromatic rings. The fourth-order valence-electron chi connectivity index (χ4n) is 5.40. The van der Waals surface area contributed by atoms with Gasteiger partial charge in [-0.05, 0) is 89.0 Å². The SMILES string of the molecule is O=C(O)C(=O)O.c1ccc(C2CCC(N3CCC(N4CCCCC4)CC3)CC2)cc1. The maximum atomic E-state index is 9.10. The molecule has 2 heterocycles. The van der Waals surface area contributed by atoms with Crippen molar-refractivity contribution in [3.63, 3.8) is 0 Å². The molecule has 1 saturated carbocycles. The fraction of sp³-hybridized carbons (Fsp3) is 0.667. The number of aliphatic carboxylic acids is 2. The van der Waals surface area contributed by atoms with E-state index in [0.717, 1.165) is 18.0 Å². The number of likely N-dealkylation sites (tertiary alicyclic amines) is 2. The van der Waals surface area contributed by atoms with Gasteiger partial charge in [-0.2, -0.15) is 0 Å². The molecule has 0 spiro atoms. The van der Waals surface area contributed by atoms with Gasteiger partial charge >= 0.3 is 11.9 Å². The summed E-state index contributed by atoms with van der Waals surface area (Å²) in [6.45, 7) is 5.43. The Morgan fingerprint density at radius 1 is 0.667 bits per heavy atom. The average Bonchev–Trinajstić information content (AvgIpc) is 2.81. The Hall–Kier alpha value is -1.92. The van der Waals surface area contributed by atoms with Crippen LogP contribution in [-0.2, 0) is 9.59 Å². The highest BCUT2D eigenvalue weighted by Gasteiger charge is 2.31. The molecule has 30 heavy (non-hydrogen) atoms. The number of carboxylic acids is 2. The lowest BCUT2D eigenvalue weighted by Crippen LogP contribution is -2.49. The molecule has 0 aromatic heterocycles. The Morgan fingerprint density at radius 3 is 1.70 bits per heavy atom. The van der Waals surface area contributed by atoms with Crippen LogP contribution in [0.2, 0.25) is 0 Å². The zero-order valence-electron chi connectivity index (χ0n) is 17.9. The number of benzene rings is 1. The molecule has 3 fully saturated rings. The number of piperidine rings is 2. The van der Waals surface area contributed by atoms with Gasteiger partial charge in [0.25, 0.3) is 0 Å². The molecule has 0 radical (unpaired) electrons. The van der Waals surface area contributed by atoms with Crippen molar-refractivity contribution >= 4 is 11.9 Å². The Balaban J connectivity index is 0.000000377. The highest BCUT2D eigenvalue weighted by molar-refractivity contribution is 6.27. The van der Waals surface area contributed by atoms with Crippen LogP contribution in [0.5, 0.6) is 0 Å². The van der Waals surface area contributed by atoms with Gasteiger partial charge in [0, 0.05) is 12.1 Å². The molecule has 6 nitrogen and oxygen atoms in total. The van der Waals surface area contributed by atoms with Crippen molar-refractivity contribution in [1.82, 2.24) is 9.80 Å². The predicted octanol–water partition coefficient (Wildman–Crippen LogP) is 3.82. The second-order valence-corrected chi connectivity index (χ2v) is 8.89. The molecule has 1 aliphatic carbocycles. The molecule has 2 N–H and O–H groups in total. The molecule has 1 aromatic carbocycles. The number of carbonyl (C=O) groups is 2. The number of rotatable bonds is 3. The van der Waals surface area contributed by atoms with E-state index in [1.54, 1.807) is 5.56 Å². The lowest BCUT2D eigenvalue weighted by molar-refractivity contribution is -0.159. The molecule has 0 bridgehead atoms. The Bertz CT molecular complexity index is 647. The standard InChI is InChI=1S/C22H34N2.C2H2O4/c1-3-7-19(8-4-1)20-9-11-21(12-10-20)24-17-13-22(14-18-24)23-15-5-2-6-16-23;3-1(4)2(5)6/h1,3-4,7-8,20-22H,2,5-6,9-18H2;(H,3,4)(H,5,6). The molecule has 0 atom stereocenters. The van der Waals surface area contributed by atoms with Crippen LogP contribution in [0.3, 0.4) is 0 Å². The largest absolute Gasteiger partial charge is 0.473 e. The monoisotopic (exact) mass is 416 g/mol. The van der Waals surface area contributed by atoms with E-state index in [0.29, 0.717) is 0 Å². The van der Waals surface area contributed by atoms with Crippen molar-refractivity contribution in [3.8, 4) is 0 Å². The van der Waals surface area contributed by atoms with Crippen molar-refractivity contribution in [2.45, 2.75) is 75.8 Å². The predicted molar refractivity (Wildman–Crippen MR) is 117 cm³/mol. The molecule has 166 valence electrons. The topological polar surface area (TPSA) is 81.1 Å². The van der Waals surface area contributed by atoms with Crippen molar-refractivity contribution in [2.75, 3.05) is 26.2 Å². The number of hydrogen-bond donors (Lipinski definition) is 2. The Labute approximate surface area is 179 Å². The summed E-state index contributed by atoms with van der Waals surface area (Å²) in [5.74, 6) is -2.83. The van der Waals surface area contributed by atoms with Gasteiger partial charge in [-0.25, -0.2) is 9.59 Å². The minimum absolute atomic E-state index is 0.813. The van der Waals surface area contributed by atoms with E-state index in [1.165, 1.54) is 84.0 Å². The van der Waals surface area contributed by atoms with Crippen molar-refractivity contribution in [3.05, 3.63) is 35.9 Å². The molecule has 3 aliphatic rings. The van der Waals surface area contributed by atoms with Crippen LogP contribution in [0.25, 0.3) is 0 Å². The third kappa shape index (κ3) is 6.54. The van der Waals surface area contributed by atoms with E-state index in [4.69, 9.17) is 19.8 Å². The normalized spacial score (nSPS) is 26.4.